The van der Waals surface area contributed by atoms with Gasteiger partial charge in [-0.05, 0) is 42.5 Å². The molecule has 0 aliphatic rings. The summed E-state index contributed by atoms with van der Waals surface area (Å²) >= 11 is 3.46. The van der Waals surface area contributed by atoms with E-state index in [4.69, 9.17) is 4.74 Å². The molecule has 0 saturated carbocycles. The summed E-state index contributed by atoms with van der Waals surface area (Å²) in [4.78, 5) is 0. The van der Waals surface area contributed by atoms with Gasteiger partial charge in [0.15, 0.2) is 0 Å². The fraction of sp³-hybridized carbons (Fsp3) is 0.500. The van der Waals surface area contributed by atoms with Crippen LogP contribution in [0, 0.1) is 0 Å². The van der Waals surface area contributed by atoms with Gasteiger partial charge >= 0.3 is 0 Å². The lowest BCUT2D eigenvalue weighted by atomic mass is 10.0. The molecule has 0 unspecified atom stereocenters. The van der Waals surface area contributed by atoms with E-state index >= 15 is 0 Å². The second-order valence-corrected chi connectivity index (χ2v) is 4.07. The molecule has 0 aliphatic carbocycles. The van der Waals surface area contributed by atoms with Crippen LogP contribution in [0.3, 0.4) is 0 Å². The Bertz CT molecular complexity index is 284. The normalized spacial score (nSPS) is 10.2. The highest BCUT2D eigenvalue weighted by Crippen LogP contribution is 2.19. The maximum Gasteiger partial charge on any atom is 0.119 e. The Morgan fingerprint density at radius 1 is 1.29 bits per heavy atom. The summed E-state index contributed by atoms with van der Waals surface area (Å²) in [5.41, 5.74) is 2.86. The predicted octanol–water partition coefficient (Wildman–Crippen LogP) is 3.59. The molecule has 1 aromatic rings. The molecule has 78 valence electrons. The minimum atomic E-state index is 0.962. The van der Waals surface area contributed by atoms with Gasteiger partial charge in [-0.1, -0.05) is 28.9 Å². The van der Waals surface area contributed by atoms with Crippen molar-refractivity contribution in [3.63, 3.8) is 0 Å². The average Bonchev–Trinajstić information content (AvgIpc) is 2.26. The summed E-state index contributed by atoms with van der Waals surface area (Å²) in [6, 6.07) is 6.37. The Morgan fingerprint density at radius 3 is 2.64 bits per heavy atom. The van der Waals surface area contributed by atoms with Crippen LogP contribution in [0.15, 0.2) is 18.2 Å². The molecule has 0 spiro atoms. The highest BCUT2D eigenvalue weighted by atomic mass is 79.9. The lowest BCUT2D eigenvalue weighted by Crippen LogP contribution is -1.95. The third kappa shape index (κ3) is 3.02. The molecule has 1 nitrogen and oxygen atoms in total. The molecular formula is C12H17BrO. The fourth-order valence-electron chi connectivity index (χ4n) is 1.56. The quantitative estimate of drug-likeness (QED) is 0.732. The molecule has 0 heterocycles. The van der Waals surface area contributed by atoms with Gasteiger partial charge in [0.25, 0.3) is 0 Å². The Labute approximate surface area is 94.6 Å². The van der Waals surface area contributed by atoms with Crippen LogP contribution in [0.5, 0.6) is 5.75 Å². The lowest BCUT2D eigenvalue weighted by Gasteiger charge is -2.09. The standard InChI is InChI=1S/C12H17BrO/c1-3-10-9-12(14-2)7-6-11(10)5-4-8-13/h6-7,9H,3-5,8H2,1-2H3. The first-order valence-corrected chi connectivity index (χ1v) is 6.15. The van der Waals surface area contributed by atoms with Crippen molar-refractivity contribution in [3.05, 3.63) is 29.3 Å². The summed E-state index contributed by atoms with van der Waals surface area (Å²) in [6.45, 7) is 2.19. The maximum atomic E-state index is 5.21. The number of alkyl halides is 1. The molecule has 0 atom stereocenters. The van der Waals surface area contributed by atoms with E-state index in [2.05, 4.69) is 35.0 Å². The molecule has 0 bridgehead atoms. The van der Waals surface area contributed by atoms with Gasteiger partial charge < -0.3 is 4.74 Å². The number of rotatable bonds is 5. The molecule has 1 rings (SSSR count). The van der Waals surface area contributed by atoms with Gasteiger partial charge in [0.2, 0.25) is 0 Å². The van der Waals surface area contributed by atoms with Gasteiger partial charge in [-0.2, -0.15) is 0 Å². The second kappa shape index (κ2) is 6.07. The Kier molecular flexibility index (Phi) is 5.02. The van der Waals surface area contributed by atoms with E-state index in [9.17, 15) is 0 Å². The van der Waals surface area contributed by atoms with Crippen LogP contribution in [-0.4, -0.2) is 12.4 Å². The zero-order valence-electron chi connectivity index (χ0n) is 8.85. The fourth-order valence-corrected chi connectivity index (χ4v) is 1.84. The van der Waals surface area contributed by atoms with Crippen LogP contribution >= 0.6 is 15.9 Å². The van der Waals surface area contributed by atoms with Gasteiger partial charge in [-0.3, -0.25) is 0 Å². The SMILES string of the molecule is CCc1cc(OC)ccc1CCCBr. The van der Waals surface area contributed by atoms with Crippen molar-refractivity contribution in [2.45, 2.75) is 26.2 Å². The molecule has 14 heavy (non-hydrogen) atoms. The molecule has 0 aliphatic heterocycles. The van der Waals surface area contributed by atoms with E-state index in [1.54, 1.807) is 7.11 Å². The number of ether oxygens (including phenoxy) is 1. The summed E-state index contributed by atoms with van der Waals surface area (Å²) in [5, 5.41) is 1.07. The molecule has 0 amide bonds. The topological polar surface area (TPSA) is 9.23 Å². The van der Waals surface area contributed by atoms with E-state index in [0.29, 0.717) is 0 Å². The van der Waals surface area contributed by atoms with Crippen LogP contribution in [0.1, 0.15) is 24.5 Å². The Balaban J connectivity index is 2.82. The number of methoxy groups -OCH3 is 1. The van der Waals surface area contributed by atoms with E-state index in [0.717, 1.165) is 23.9 Å². The molecule has 0 saturated heterocycles. The smallest absolute Gasteiger partial charge is 0.119 e. The largest absolute Gasteiger partial charge is 0.497 e. The number of hydrogen-bond donors (Lipinski definition) is 0. The van der Waals surface area contributed by atoms with Gasteiger partial charge in [-0.25, -0.2) is 0 Å². The van der Waals surface area contributed by atoms with Crippen molar-refractivity contribution in [2.75, 3.05) is 12.4 Å². The average molecular weight is 257 g/mol. The first-order valence-electron chi connectivity index (χ1n) is 5.03. The predicted molar refractivity (Wildman–Crippen MR) is 64.5 cm³/mol. The minimum absolute atomic E-state index is 0.962. The molecule has 0 N–H and O–H groups in total. The number of hydrogen-bond acceptors (Lipinski definition) is 1. The molecule has 0 aromatic heterocycles. The second-order valence-electron chi connectivity index (χ2n) is 3.28. The monoisotopic (exact) mass is 256 g/mol. The van der Waals surface area contributed by atoms with Crippen molar-refractivity contribution < 1.29 is 4.74 Å². The van der Waals surface area contributed by atoms with Crippen molar-refractivity contribution in [1.29, 1.82) is 0 Å². The summed E-state index contributed by atoms with van der Waals surface area (Å²) in [5.74, 6) is 0.962. The van der Waals surface area contributed by atoms with E-state index < -0.39 is 0 Å². The van der Waals surface area contributed by atoms with Gasteiger partial charge in [0.05, 0.1) is 7.11 Å². The molecule has 0 radical (unpaired) electrons. The van der Waals surface area contributed by atoms with Crippen LogP contribution in [0.4, 0.5) is 0 Å². The van der Waals surface area contributed by atoms with Gasteiger partial charge in [0.1, 0.15) is 5.75 Å². The van der Waals surface area contributed by atoms with E-state index in [-0.39, 0.29) is 0 Å². The third-order valence-electron chi connectivity index (χ3n) is 2.37. The zero-order chi connectivity index (χ0) is 10.4. The van der Waals surface area contributed by atoms with Crippen molar-refractivity contribution in [3.8, 4) is 5.75 Å². The van der Waals surface area contributed by atoms with Crippen molar-refractivity contribution in [1.82, 2.24) is 0 Å². The molecule has 1 aromatic carbocycles. The van der Waals surface area contributed by atoms with Crippen molar-refractivity contribution >= 4 is 15.9 Å². The van der Waals surface area contributed by atoms with Crippen LogP contribution in [0.25, 0.3) is 0 Å². The first-order chi connectivity index (χ1) is 6.81. The van der Waals surface area contributed by atoms with Crippen LogP contribution in [-0.2, 0) is 12.8 Å². The highest BCUT2D eigenvalue weighted by molar-refractivity contribution is 9.09. The molecule has 0 fully saturated rings. The van der Waals surface area contributed by atoms with Gasteiger partial charge in [0, 0.05) is 5.33 Å². The third-order valence-corrected chi connectivity index (χ3v) is 2.93. The molecular weight excluding hydrogens is 240 g/mol. The van der Waals surface area contributed by atoms with Gasteiger partial charge in [-0.15, -0.1) is 0 Å². The van der Waals surface area contributed by atoms with Crippen LogP contribution < -0.4 is 4.74 Å². The first kappa shape index (κ1) is 11.6. The van der Waals surface area contributed by atoms with Crippen LogP contribution in [0.2, 0.25) is 0 Å². The Morgan fingerprint density at radius 2 is 2.07 bits per heavy atom. The summed E-state index contributed by atoms with van der Waals surface area (Å²) < 4.78 is 5.21. The zero-order valence-corrected chi connectivity index (χ0v) is 10.4. The lowest BCUT2D eigenvalue weighted by molar-refractivity contribution is 0.414. The maximum absolute atomic E-state index is 5.21. The number of aryl methyl sites for hydroxylation is 2. The minimum Gasteiger partial charge on any atom is -0.497 e. The summed E-state index contributed by atoms with van der Waals surface area (Å²) in [6.07, 6.45) is 3.42. The van der Waals surface area contributed by atoms with E-state index in [1.807, 2.05) is 6.07 Å². The molecule has 2 heteroatoms. The van der Waals surface area contributed by atoms with E-state index in [1.165, 1.54) is 17.5 Å². The number of benzene rings is 1. The number of halogens is 1. The van der Waals surface area contributed by atoms with Crippen molar-refractivity contribution in [2.24, 2.45) is 0 Å². The highest BCUT2D eigenvalue weighted by Gasteiger charge is 2.02. The summed E-state index contributed by atoms with van der Waals surface area (Å²) in [7, 11) is 1.72. The Hall–Kier alpha value is -0.500.